The van der Waals surface area contributed by atoms with Gasteiger partial charge in [-0.3, -0.25) is 9.59 Å². The number of amides is 2. The monoisotopic (exact) mass is 439 g/mol. The highest BCUT2D eigenvalue weighted by Crippen LogP contribution is 2.12. The zero-order chi connectivity index (χ0) is 22.8. The van der Waals surface area contributed by atoms with Crippen LogP contribution < -0.4 is 10.6 Å². The number of nitriles is 1. The topological polar surface area (TPSA) is 108 Å². The number of nitrogens with zero attached hydrogens (tertiary/aromatic N) is 1. The third-order valence-corrected chi connectivity index (χ3v) is 5.07. The number of aryl methyl sites for hydroxylation is 1. The lowest BCUT2D eigenvalue weighted by Gasteiger charge is -2.20. The highest BCUT2D eigenvalue weighted by Gasteiger charge is 2.26. The predicted octanol–water partition coefficient (Wildman–Crippen LogP) is 3.29. The Bertz CT molecular complexity index is 970. The van der Waals surface area contributed by atoms with Gasteiger partial charge in [-0.2, -0.15) is 17.0 Å². The molecule has 0 heterocycles. The fourth-order valence-electron chi connectivity index (χ4n) is 2.69. The molecule has 0 aliphatic heterocycles. The molecule has 0 unspecified atom stereocenters. The van der Waals surface area contributed by atoms with E-state index in [2.05, 4.69) is 10.6 Å². The van der Waals surface area contributed by atoms with Crippen LogP contribution in [0.5, 0.6) is 0 Å². The first-order chi connectivity index (χ1) is 14.8. The fraction of sp³-hybridized carbons (Fsp3) is 0.304. The molecule has 162 valence electrons. The van der Waals surface area contributed by atoms with Gasteiger partial charge in [0.05, 0.1) is 11.6 Å². The Balaban J connectivity index is 2.00. The summed E-state index contributed by atoms with van der Waals surface area (Å²) in [6.45, 7) is 3.34. The number of carbonyl (C=O) groups excluding carboxylic acids is 3. The molecule has 2 N–H and O–H groups in total. The van der Waals surface area contributed by atoms with Crippen LogP contribution in [0.4, 0.5) is 5.69 Å². The van der Waals surface area contributed by atoms with Gasteiger partial charge in [0, 0.05) is 11.3 Å². The lowest BCUT2D eigenvalue weighted by molar-refractivity contribution is -0.155. The normalized spacial score (nSPS) is 12.2. The van der Waals surface area contributed by atoms with Gasteiger partial charge in [-0.05, 0) is 68.7 Å². The van der Waals surface area contributed by atoms with E-state index >= 15 is 0 Å². The molecular weight excluding hydrogens is 414 g/mol. The fourth-order valence-corrected chi connectivity index (χ4v) is 3.17. The van der Waals surface area contributed by atoms with Crippen molar-refractivity contribution >= 4 is 35.2 Å². The van der Waals surface area contributed by atoms with E-state index in [-0.39, 0.29) is 5.91 Å². The summed E-state index contributed by atoms with van der Waals surface area (Å²) in [5.41, 5.74) is 2.34. The summed E-state index contributed by atoms with van der Waals surface area (Å²) in [6, 6.07) is 14.5. The minimum atomic E-state index is -1.06. The molecule has 31 heavy (non-hydrogen) atoms. The smallest absolute Gasteiger partial charge is 0.329 e. The van der Waals surface area contributed by atoms with Gasteiger partial charge in [-0.1, -0.05) is 17.7 Å². The van der Waals surface area contributed by atoms with Crippen LogP contribution >= 0.6 is 11.8 Å². The van der Waals surface area contributed by atoms with Gasteiger partial charge in [0.1, 0.15) is 6.04 Å². The van der Waals surface area contributed by atoms with Crippen molar-refractivity contribution in [3.8, 4) is 6.07 Å². The van der Waals surface area contributed by atoms with Crippen LogP contribution in [-0.2, 0) is 14.3 Å². The van der Waals surface area contributed by atoms with Gasteiger partial charge in [-0.15, -0.1) is 0 Å². The first-order valence-electron chi connectivity index (χ1n) is 9.72. The number of hydrogen-bond acceptors (Lipinski definition) is 6. The molecule has 0 aromatic heterocycles. The molecule has 2 rings (SSSR count). The maximum absolute atomic E-state index is 12.7. The molecule has 0 bridgehead atoms. The second-order valence-corrected chi connectivity index (χ2v) is 7.92. The molecule has 2 atom stereocenters. The molecule has 0 fully saturated rings. The quantitative estimate of drug-likeness (QED) is 0.581. The van der Waals surface area contributed by atoms with E-state index in [4.69, 9.17) is 10.00 Å². The summed E-state index contributed by atoms with van der Waals surface area (Å²) >= 11 is 1.54. The molecule has 0 saturated heterocycles. The van der Waals surface area contributed by atoms with Crippen LogP contribution in [0.1, 0.15) is 34.8 Å². The number of thioether (sulfide) groups is 1. The minimum Gasteiger partial charge on any atom is -0.451 e. The van der Waals surface area contributed by atoms with Gasteiger partial charge in [-0.25, -0.2) is 4.79 Å². The van der Waals surface area contributed by atoms with E-state index in [1.54, 1.807) is 54.2 Å². The second kappa shape index (κ2) is 11.8. The van der Waals surface area contributed by atoms with E-state index in [9.17, 15) is 14.4 Å². The van der Waals surface area contributed by atoms with Crippen molar-refractivity contribution in [2.24, 2.45) is 0 Å². The molecule has 0 saturated carbocycles. The van der Waals surface area contributed by atoms with E-state index in [0.29, 0.717) is 29.0 Å². The van der Waals surface area contributed by atoms with Crippen LogP contribution in [-0.4, -0.2) is 41.9 Å². The molecule has 0 aliphatic rings. The maximum atomic E-state index is 12.7. The van der Waals surface area contributed by atoms with E-state index in [0.717, 1.165) is 5.56 Å². The third-order valence-electron chi connectivity index (χ3n) is 4.42. The first kappa shape index (κ1) is 24.0. The molecule has 2 aromatic rings. The van der Waals surface area contributed by atoms with Crippen LogP contribution in [0.3, 0.4) is 0 Å². The minimum absolute atomic E-state index is 0.374. The number of benzene rings is 2. The highest BCUT2D eigenvalue weighted by atomic mass is 32.2. The van der Waals surface area contributed by atoms with Crippen LogP contribution in [0.15, 0.2) is 48.5 Å². The molecular formula is C23H25N3O4S. The molecule has 0 aliphatic carbocycles. The Hall–Kier alpha value is -3.31. The molecule has 0 radical (unpaired) electrons. The number of nitrogens with one attached hydrogen (secondary N) is 2. The Morgan fingerprint density at radius 1 is 1.16 bits per heavy atom. The van der Waals surface area contributed by atoms with Gasteiger partial charge in [0.2, 0.25) is 0 Å². The summed E-state index contributed by atoms with van der Waals surface area (Å²) in [4.78, 5) is 37.6. The summed E-state index contributed by atoms with van der Waals surface area (Å²) in [7, 11) is 0. The predicted molar refractivity (Wildman–Crippen MR) is 121 cm³/mol. The summed E-state index contributed by atoms with van der Waals surface area (Å²) in [6.07, 6.45) is 1.22. The lowest BCUT2D eigenvalue weighted by Crippen LogP contribution is -2.44. The Labute approximate surface area is 186 Å². The zero-order valence-corrected chi connectivity index (χ0v) is 18.5. The van der Waals surface area contributed by atoms with Crippen molar-refractivity contribution in [1.82, 2.24) is 5.32 Å². The number of anilines is 1. The lowest BCUT2D eigenvalue weighted by atomic mass is 10.1. The Kier molecular flexibility index (Phi) is 9.10. The number of hydrogen-bond donors (Lipinski definition) is 2. The molecule has 8 heteroatoms. The van der Waals surface area contributed by atoms with Crippen molar-refractivity contribution in [3.05, 3.63) is 65.2 Å². The van der Waals surface area contributed by atoms with Crippen molar-refractivity contribution in [2.45, 2.75) is 32.4 Å². The SMILES string of the molecule is CSCC[C@@H](NC(=O)c1cccc(C)c1)C(=O)O[C@@H](C)C(=O)Nc1ccc(C#N)cc1. The summed E-state index contributed by atoms with van der Waals surface area (Å²) < 4.78 is 5.32. The number of esters is 1. The largest absolute Gasteiger partial charge is 0.451 e. The average Bonchev–Trinajstić information content (AvgIpc) is 2.76. The first-order valence-corrected chi connectivity index (χ1v) is 11.1. The van der Waals surface area contributed by atoms with Crippen LogP contribution in [0, 0.1) is 18.3 Å². The molecule has 0 spiro atoms. The molecule has 7 nitrogen and oxygen atoms in total. The van der Waals surface area contributed by atoms with Gasteiger partial charge >= 0.3 is 5.97 Å². The Morgan fingerprint density at radius 3 is 2.48 bits per heavy atom. The number of carbonyl (C=O) groups is 3. The van der Waals surface area contributed by atoms with Crippen molar-refractivity contribution in [2.75, 3.05) is 17.3 Å². The third kappa shape index (κ3) is 7.46. The summed E-state index contributed by atoms with van der Waals surface area (Å²) in [5, 5.41) is 14.2. The van der Waals surface area contributed by atoms with E-state index < -0.39 is 24.0 Å². The van der Waals surface area contributed by atoms with Gasteiger partial charge in [0.15, 0.2) is 6.10 Å². The molecule has 2 amide bonds. The summed E-state index contributed by atoms with van der Waals surface area (Å²) in [5.74, 6) is -0.912. The van der Waals surface area contributed by atoms with E-state index in [1.165, 1.54) is 6.92 Å². The number of rotatable bonds is 9. The van der Waals surface area contributed by atoms with Crippen molar-refractivity contribution in [1.29, 1.82) is 5.26 Å². The zero-order valence-electron chi connectivity index (χ0n) is 17.7. The van der Waals surface area contributed by atoms with Crippen LogP contribution in [0.25, 0.3) is 0 Å². The Morgan fingerprint density at radius 2 is 1.87 bits per heavy atom. The standard InChI is InChI=1S/C23H25N3O4S/c1-15-5-4-6-18(13-15)22(28)26-20(11-12-31-3)23(29)30-16(2)21(27)25-19-9-7-17(14-24)8-10-19/h4-10,13,16,20H,11-12H2,1-3H3,(H,25,27)(H,26,28)/t16-,20+/m0/s1. The van der Waals surface area contributed by atoms with Crippen molar-refractivity contribution in [3.63, 3.8) is 0 Å². The van der Waals surface area contributed by atoms with Gasteiger partial charge < -0.3 is 15.4 Å². The van der Waals surface area contributed by atoms with Gasteiger partial charge in [0.25, 0.3) is 11.8 Å². The van der Waals surface area contributed by atoms with Crippen molar-refractivity contribution < 1.29 is 19.1 Å². The second-order valence-electron chi connectivity index (χ2n) is 6.93. The maximum Gasteiger partial charge on any atom is 0.329 e. The van der Waals surface area contributed by atoms with Crippen LogP contribution in [0.2, 0.25) is 0 Å². The average molecular weight is 440 g/mol. The number of ether oxygens (including phenoxy) is 1. The van der Waals surface area contributed by atoms with E-state index in [1.807, 2.05) is 25.3 Å². The molecule has 2 aromatic carbocycles. The highest BCUT2D eigenvalue weighted by molar-refractivity contribution is 7.98.